The van der Waals surface area contributed by atoms with Crippen molar-refractivity contribution in [2.24, 2.45) is 17.6 Å². The van der Waals surface area contributed by atoms with Crippen molar-refractivity contribution in [3.8, 4) is 22.9 Å². The van der Waals surface area contributed by atoms with E-state index in [1.165, 1.54) is 42.9 Å². The number of nitrogens with two attached hydrogens (primary N) is 2. The highest BCUT2D eigenvalue weighted by molar-refractivity contribution is 5.87. The van der Waals surface area contributed by atoms with Gasteiger partial charge in [0, 0.05) is 43.4 Å². The van der Waals surface area contributed by atoms with Crippen molar-refractivity contribution in [3.63, 3.8) is 0 Å². The van der Waals surface area contributed by atoms with Gasteiger partial charge in [0.1, 0.15) is 11.3 Å². The molecule has 4 N–H and O–H groups in total. The van der Waals surface area contributed by atoms with Gasteiger partial charge in [-0.15, -0.1) is 0 Å². The lowest BCUT2D eigenvalue weighted by Gasteiger charge is -2.45. The van der Waals surface area contributed by atoms with Gasteiger partial charge in [-0.3, -0.25) is 9.36 Å². The maximum atomic E-state index is 11.5. The normalized spacial score (nSPS) is 20.6. The zero-order valence-electron chi connectivity index (χ0n) is 24.7. The van der Waals surface area contributed by atoms with Crippen molar-refractivity contribution in [3.05, 3.63) is 90.9 Å². The third kappa shape index (κ3) is 5.15. The van der Waals surface area contributed by atoms with Crippen LogP contribution >= 0.6 is 0 Å². The fourth-order valence-corrected chi connectivity index (χ4v) is 7.00. The number of hydrogen-bond donors (Lipinski definition) is 2. The second-order valence-electron chi connectivity index (χ2n) is 12.0. The topological polar surface area (TPSA) is 134 Å². The van der Waals surface area contributed by atoms with Crippen LogP contribution in [-0.2, 0) is 17.6 Å². The van der Waals surface area contributed by atoms with E-state index >= 15 is 0 Å². The number of benzene rings is 1. The van der Waals surface area contributed by atoms with Crippen molar-refractivity contribution in [2.45, 2.75) is 44.6 Å². The standard InChI is InChI=1S/C23H19N7.C11H18N2O/c24-21-18(6-2-11-25-21)22-27-19-9-10-20(29-13-3-12-26-29)28-23(19)30(22)17-8-7-15-4-1-5-16(15)14-17;1-2-10(14)13-6-8-4-3-5-9(7-13)11(8)12/h2-3,6-14H,1,4-5H2,(H2,24,25);2,8-9,11H,1,3-7,12H2. The lowest BCUT2D eigenvalue weighted by molar-refractivity contribution is -0.130. The molecule has 0 spiro atoms. The quantitative estimate of drug-likeness (QED) is 0.296. The molecule has 2 fully saturated rings. The zero-order chi connectivity index (χ0) is 30.2. The summed E-state index contributed by atoms with van der Waals surface area (Å²) >= 11 is 0. The summed E-state index contributed by atoms with van der Waals surface area (Å²) in [6.45, 7) is 5.20. The number of aryl methyl sites for hydroxylation is 2. The summed E-state index contributed by atoms with van der Waals surface area (Å²) in [6, 6.07) is 16.5. The number of pyridine rings is 2. The van der Waals surface area contributed by atoms with E-state index in [1.807, 2.05) is 41.4 Å². The van der Waals surface area contributed by atoms with E-state index in [9.17, 15) is 4.79 Å². The highest BCUT2D eigenvalue weighted by Gasteiger charge is 2.38. The monoisotopic (exact) mass is 587 g/mol. The van der Waals surface area contributed by atoms with Crippen LogP contribution in [0.4, 0.5) is 5.82 Å². The molecular weight excluding hydrogens is 550 g/mol. The third-order valence-electron chi connectivity index (χ3n) is 9.28. The summed E-state index contributed by atoms with van der Waals surface area (Å²) in [6.07, 6.45) is 13.8. The molecule has 2 unspecified atom stereocenters. The van der Waals surface area contributed by atoms with Crippen LogP contribution in [0.3, 0.4) is 0 Å². The number of amides is 1. The van der Waals surface area contributed by atoms with E-state index < -0.39 is 0 Å². The largest absolute Gasteiger partial charge is 0.383 e. The summed E-state index contributed by atoms with van der Waals surface area (Å²) in [5, 5.41) is 4.32. The number of likely N-dealkylation sites (tertiary alicyclic amines) is 1. The number of hydrogen-bond acceptors (Lipinski definition) is 7. The first-order valence-electron chi connectivity index (χ1n) is 15.4. The maximum absolute atomic E-state index is 11.5. The number of rotatable bonds is 4. The van der Waals surface area contributed by atoms with Crippen molar-refractivity contribution in [1.29, 1.82) is 0 Å². The second-order valence-corrected chi connectivity index (χ2v) is 12.0. The Balaban J connectivity index is 0.000000187. The number of piperidine rings is 1. The predicted molar refractivity (Wildman–Crippen MR) is 171 cm³/mol. The SMILES string of the molecule is C=CC(=O)N1CC2CCCC(C1)C2N.Nc1ncccc1-c1nc2ccc(-n3cccn3)nc2n1-c1ccc2c(c1)CCC2. The Labute approximate surface area is 256 Å². The molecule has 224 valence electrons. The molecule has 1 aliphatic heterocycles. The molecule has 4 aromatic heterocycles. The minimum absolute atomic E-state index is 0.0637. The van der Waals surface area contributed by atoms with Gasteiger partial charge in [-0.05, 0) is 104 Å². The summed E-state index contributed by atoms with van der Waals surface area (Å²) in [5.41, 5.74) is 18.5. The highest BCUT2D eigenvalue weighted by Crippen LogP contribution is 2.34. The van der Waals surface area contributed by atoms with Crippen molar-refractivity contribution < 1.29 is 4.79 Å². The molecule has 5 heterocycles. The van der Waals surface area contributed by atoms with E-state index in [1.54, 1.807) is 17.1 Å². The van der Waals surface area contributed by atoms with Gasteiger partial charge in [-0.1, -0.05) is 19.1 Å². The number of anilines is 1. The number of fused-ring (bicyclic) bond motifs is 4. The molecule has 10 nitrogen and oxygen atoms in total. The molecule has 1 amide bonds. The van der Waals surface area contributed by atoms with E-state index in [-0.39, 0.29) is 5.91 Å². The first-order chi connectivity index (χ1) is 21.5. The third-order valence-corrected chi connectivity index (χ3v) is 9.28. The number of carbonyl (C=O) groups is 1. The number of nitrogens with zero attached hydrogens (tertiary/aromatic N) is 7. The van der Waals surface area contributed by atoms with Crippen LogP contribution in [0.5, 0.6) is 0 Å². The molecule has 1 aromatic carbocycles. The number of imidazole rings is 1. The van der Waals surface area contributed by atoms with Gasteiger partial charge in [0.2, 0.25) is 5.91 Å². The van der Waals surface area contributed by atoms with Gasteiger partial charge in [0.05, 0.1) is 5.56 Å². The molecule has 1 saturated heterocycles. The fourth-order valence-electron chi connectivity index (χ4n) is 7.00. The van der Waals surface area contributed by atoms with E-state index in [0.717, 1.165) is 60.0 Å². The van der Waals surface area contributed by atoms with Crippen molar-refractivity contribution in [1.82, 2.24) is 34.2 Å². The van der Waals surface area contributed by atoms with Gasteiger partial charge in [0.15, 0.2) is 17.3 Å². The molecule has 5 aromatic rings. The highest BCUT2D eigenvalue weighted by atomic mass is 16.2. The van der Waals surface area contributed by atoms with Crippen molar-refractivity contribution in [2.75, 3.05) is 18.8 Å². The number of carbonyl (C=O) groups excluding carboxylic acids is 1. The lowest BCUT2D eigenvalue weighted by atomic mass is 9.74. The Morgan fingerprint density at radius 3 is 2.52 bits per heavy atom. The van der Waals surface area contributed by atoms with E-state index in [2.05, 4.69) is 39.4 Å². The molecule has 10 heteroatoms. The van der Waals surface area contributed by atoms with E-state index in [0.29, 0.717) is 23.7 Å². The van der Waals surface area contributed by atoms with Crippen LogP contribution in [0.15, 0.2) is 79.8 Å². The van der Waals surface area contributed by atoms with Crippen LogP contribution in [0.1, 0.15) is 36.8 Å². The summed E-state index contributed by atoms with van der Waals surface area (Å²) in [5.74, 6) is 3.02. The molecule has 0 radical (unpaired) electrons. The van der Waals surface area contributed by atoms with Gasteiger partial charge in [-0.2, -0.15) is 5.10 Å². The predicted octanol–water partition coefficient (Wildman–Crippen LogP) is 4.50. The van der Waals surface area contributed by atoms with Crippen LogP contribution in [0, 0.1) is 11.8 Å². The summed E-state index contributed by atoms with van der Waals surface area (Å²) in [7, 11) is 0. The molecule has 8 rings (SSSR count). The van der Waals surface area contributed by atoms with Crippen LogP contribution in [0.2, 0.25) is 0 Å². The molecule has 2 aliphatic carbocycles. The second kappa shape index (κ2) is 11.7. The van der Waals surface area contributed by atoms with Gasteiger partial charge < -0.3 is 16.4 Å². The van der Waals surface area contributed by atoms with Crippen LogP contribution in [0.25, 0.3) is 34.1 Å². The Bertz CT molecular complexity index is 1810. The lowest BCUT2D eigenvalue weighted by Crippen LogP contribution is -2.56. The summed E-state index contributed by atoms with van der Waals surface area (Å²) in [4.78, 5) is 27.4. The minimum atomic E-state index is 0.0637. The molecule has 3 aliphatic rings. The Hall–Kier alpha value is -4.83. The zero-order valence-corrected chi connectivity index (χ0v) is 24.7. The Morgan fingerprint density at radius 2 is 1.77 bits per heavy atom. The number of aromatic nitrogens is 6. The summed E-state index contributed by atoms with van der Waals surface area (Å²) < 4.78 is 3.83. The maximum Gasteiger partial charge on any atom is 0.245 e. The first-order valence-corrected chi connectivity index (χ1v) is 15.4. The van der Waals surface area contributed by atoms with Crippen LogP contribution < -0.4 is 11.5 Å². The van der Waals surface area contributed by atoms with Crippen molar-refractivity contribution >= 4 is 22.9 Å². The minimum Gasteiger partial charge on any atom is -0.383 e. The molecular formula is C34H37N9O. The fraction of sp³-hybridized carbons (Fsp3) is 0.324. The first kappa shape index (κ1) is 28.0. The molecule has 1 saturated carbocycles. The van der Waals surface area contributed by atoms with E-state index in [4.69, 9.17) is 21.4 Å². The average molecular weight is 588 g/mol. The number of nitrogen functional groups attached to an aromatic ring is 1. The van der Waals surface area contributed by atoms with Gasteiger partial charge in [-0.25, -0.2) is 19.6 Å². The molecule has 2 bridgehead atoms. The van der Waals surface area contributed by atoms with Crippen LogP contribution in [-0.4, -0.2) is 59.2 Å². The molecule has 2 atom stereocenters. The molecule has 44 heavy (non-hydrogen) atoms. The average Bonchev–Trinajstić information content (AvgIpc) is 3.81. The Morgan fingerprint density at radius 1 is 0.955 bits per heavy atom. The Kier molecular flexibility index (Phi) is 7.43. The smallest absolute Gasteiger partial charge is 0.245 e. The van der Waals surface area contributed by atoms with Gasteiger partial charge in [0.25, 0.3) is 0 Å². The van der Waals surface area contributed by atoms with Gasteiger partial charge >= 0.3 is 0 Å².